The van der Waals surface area contributed by atoms with Crippen LogP contribution in [0.15, 0.2) is 24.3 Å². The van der Waals surface area contributed by atoms with E-state index in [0.29, 0.717) is 18.2 Å². The normalized spacial score (nSPS) is 18.0. The Balaban J connectivity index is 2.10. The fourth-order valence-electron chi connectivity index (χ4n) is 2.41. The quantitative estimate of drug-likeness (QED) is 0.809. The molecule has 0 bridgehead atoms. The highest BCUT2D eigenvalue weighted by atomic mass is 16.2. The van der Waals surface area contributed by atoms with E-state index in [1.165, 1.54) is 0 Å². The first kappa shape index (κ1) is 14.6. The molecule has 1 saturated heterocycles. The Labute approximate surface area is 120 Å². The van der Waals surface area contributed by atoms with E-state index in [4.69, 9.17) is 5.73 Å². The third kappa shape index (κ3) is 3.38. The molecule has 1 heterocycles. The summed E-state index contributed by atoms with van der Waals surface area (Å²) in [6.45, 7) is 1.94. The summed E-state index contributed by atoms with van der Waals surface area (Å²) in [5.74, 6) is 5.86. The van der Waals surface area contributed by atoms with Gasteiger partial charge in [-0.25, -0.2) is 0 Å². The number of nitrogens with two attached hydrogens (primary N) is 1. The number of nitrogens with zero attached hydrogens (tertiary/aromatic N) is 2. The van der Waals surface area contributed by atoms with Crippen LogP contribution in [-0.2, 0) is 0 Å². The summed E-state index contributed by atoms with van der Waals surface area (Å²) in [6.07, 6.45) is 1.03. The van der Waals surface area contributed by atoms with Crippen molar-refractivity contribution in [3.8, 4) is 11.8 Å². The first-order valence-electron chi connectivity index (χ1n) is 6.86. The van der Waals surface area contributed by atoms with E-state index in [9.17, 15) is 4.79 Å². The van der Waals surface area contributed by atoms with E-state index in [1.54, 1.807) is 0 Å². The Morgan fingerprint density at radius 1 is 1.50 bits per heavy atom. The SMILES string of the molecule is CN(C)C1CCN(C(=O)c2cccc(C#CCN)c2)C1. The molecule has 1 atom stereocenters. The van der Waals surface area contributed by atoms with Gasteiger partial charge in [0, 0.05) is 30.3 Å². The molecule has 0 aliphatic carbocycles. The molecular formula is C16H21N3O. The number of likely N-dealkylation sites (tertiary alicyclic amines) is 1. The summed E-state index contributed by atoms with van der Waals surface area (Å²) >= 11 is 0. The summed E-state index contributed by atoms with van der Waals surface area (Å²) in [5.41, 5.74) is 6.90. The van der Waals surface area contributed by atoms with E-state index in [2.05, 4.69) is 30.8 Å². The number of hydrogen-bond donors (Lipinski definition) is 1. The van der Waals surface area contributed by atoms with E-state index in [1.807, 2.05) is 29.2 Å². The van der Waals surface area contributed by atoms with Crippen LogP contribution in [0.5, 0.6) is 0 Å². The highest BCUT2D eigenvalue weighted by Gasteiger charge is 2.27. The summed E-state index contributed by atoms with van der Waals surface area (Å²) < 4.78 is 0. The lowest BCUT2D eigenvalue weighted by Crippen LogP contribution is -2.34. The average Bonchev–Trinajstić information content (AvgIpc) is 2.94. The maximum atomic E-state index is 12.5. The first-order chi connectivity index (χ1) is 9.61. The molecule has 1 aliphatic rings. The smallest absolute Gasteiger partial charge is 0.253 e. The van der Waals surface area contributed by atoms with Gasteiger partial charge in [-0.1, -0.05) is 17.9 Å². The van der Waals surface area contributed by atoms with Gasteiger partial charge >= 0.3 is 0 Å². The van der Waals surface area contributed by atoms with Gasteiger partial charge in [0.05, 0.1) is 6.54 Å². The van der Waals surface area contributed by atoms with Crippen LogP contribution in [0.4, 0.5) is 0 Å². The van der Waals surface area contributed by atoms with E-state index in [0.717, 1.165) is 25.1 Å². The van der Waals surface area contributed by atoms with Gasteiger partial charge in [-0.05, 0) is 38.7 Å². The first-order valence-corrected chi connectivity index (χ1v) is 6.86. The van der Waals surface area contributed by atoms with Gasteiger partial charge in [0.15, 0.2) is 0 Å². The lowest BCUT2D eigenvalue weighted by atomic mass is 10.1. The third-order valence-electron chi connectivity index (χ3n) is 3.63. The van der Waals surface area contributed by atoms with Crippen LogP contribution in [-0.4, -0.2) is 55.5 Å². The molecule has 1 aromatic rings. The van der Waals surface area contributed by atoms with Crippen molar-refractivity contribution in [2.45, 2.75) is 12.5 Å². The number of hydrogen-bond acceptors (Lipinski definition) is 3. The molecule has 0 radical (unpaired) electrons. The van der Waals surface area contributed by atoms with Crippen LogP contribution in [0.3, 0.4) is 0 Å². The zero-order chi connectivity index (χ0) is 14.5. The molecule has 1 aliphatic heterocycles. The summed E-state index contributed by atoms with van der Waals surface area (Å²) in [4.78, 5) is 16.6. The Morgan fingerprint density at radius 3 is 2.95 bits per heavy atom. The molecule has 20 heavy (non-hydrogen) atoms. The fourth-order valence-corrected chi connectivity index (χ4v) is 2.41. The highest BCUT2D eigenvalue weighted by Crippen LogP contribution is 2.17. The number of carbonyl (C=O) groups excluding carboxylic acids is 1. The molecule has 1 unspecified atom stereocenters. The van der Waals surface area contributed by atoms with Gasteiger partial charge in [0.25, 0.3) is 5.91 Å². The predicted octanol–water partition coefficient (Wildman–Crippen LogP) is 0.773. The molecule has 1 aromatic carbocycles. The molecular weight excluding hydrogens is 250 g/mol. The lowest BCUT2D eigenvalue weighted by molar-refractivity contribution is 0.0783. The van der Waals surface area contributed by atoms with Crippen LogP contribution in [0.1, 0.15) is 22.3 Å². The second-order valence-electron chi connectivity index (χ2n) is 5.24. The minimum atomic E-state index is 0.0887. The molecule has 1 amide bonds. The topological polar surface area (TPSA) is 49.6 Å². The van der Waals surface area contributed by atoms with Gasteiger partial charge in [0.2, 0.25) is 0 Å². The average molecular weight is 271 g/mol. The van der Waals surface area contributed by atoms with Crippen LogP contribution in [0, 0.1) is 11.8 Å². The zero-order valence-corrected chi connectivity index (χ0v) is 12.1. The third-order valence-corrected chi connectivity index (χ3v) is 3.63. The van der Waals surface area contributed by atoms with Crippen molar-refractivity contribution in [3.05, 3.63) is 35.4 Å². The summed E-state index contributed by atoms with van der Waals surface area (Å²) in [6, 6.07) is 7.91. The second kappa shape index (κ2) is 6.56. The molecule has 4 nitrogen and oxygen atoms in total. The zero-order valence-electron chi connectivity index (χ0n) is 12.1. The minimum Gasteiger partial charge on any atom is -0.337 e. The van der Waals surface area contributed by atoms with Gasteiger partial charge in [-0.3, -0.25) is 4.79 Å². The lowest BCUT2D eigenvalue weighted by Gasteiger charge is -2.20. The Bertz CT molecular complexity index is 542. The van der Waals surface area contributed by atoms with Crippen molar-refractivity contribution in [3.63, 3.8) is 0 Å². The number of carbonyl (C=O) groups is 1. The van der Waals surface area contributed by atoms with E-state index >= 15 is 0 Å². The predicted molar refractivity (Wildman–Crippen MR) is 80.4 cm³/mol. The highest BCUT2D eigenvalue weighted by molar-refractivity contribution is 5.94. The van der Waals surface area contributed by atoms with Crippen molar-refractivity contribution in [2.24, 2.45) is 5.73 Å². The van der Waals surface area contributed by atoms with Crippen LogP contribution in [0.25, 0.3) is 0 Å². The molecule has 2 rings (SSSR count). The second-order valence-corrected chi connectivity index (χ2v) is 5.24. The van der Waals surface area contributed by atoms with Crippen LogP contribution in [0.2, 0.25) is 0 Å². The largest absolute Gasteiger partial charge is 0.337 e. The van der Waals surface area contributed by atoms with Gasteiger partial charge in [-0.2, -0.15) is 0 Å². The van der Waals surface area contributed by atoms with Crippen molar-refractivity contribution in [1.29, 1.82) is 0 Å². The number of likely N-dealkylation sites (N-methyl/N-ethyl adjacent to an activating group) is 1. The molecule has 0 aromatic heterocycles. The molecule has 106 valence electrons. The van der Waals surface area contributed by atoms with Crippen LogP contribution >= 0.6 is 0 Å². The Kier molecular flexibility index (Phi) is 4.78. The summed E-state index contributed by atoms with van der Waals surface area (Å²) in [7, 11) is 4.11. The van der Waals surface area contributed by atoms with Crippen molar-refractivity contribution in [1.82, 2.24) is 9.80 Å². The molecule has 0 spiro atoms. The van der Waals surface area contributed by atoms with Gasteiger partial charge in [-0.15, -0.1) is 0 Å². The minimum absolute atomic E-state index is 0.0887. The molecule has 2 N–H and O–H groups in total. The number of amides is 1. The molecule has 0 saturated carbocycles. The van der Waals surface area contributed by atoms with Crippen molar-refractivity contribution < 1.29 is 4.79 Å². The van der Waals surface area contributed by atoms with E-state index in [-0.39, 0.29) is 5.91 Å². The fraction of sp³-hybridized carbons (Fsp3) is 0.438. The Morgan fingerprint density at radius 2 is 2.30 bits per heavy atom. The standard InChI is InChI=1S/C16H21N3O/c1-18(2)15-8-10-19(12-15)16(20)14-7-3-5-13(11-14)6-4-9-17/h3,5,7,11,15H,8-10,12,17H2,1-2H3. The molecule has 4 heteroatoms. The maximum Gasteiger partial charge on any atom is 0.253 e. The number of rotatable bonds is 2. The maximum absolute atomic E-state index is 12.5. The summed E-state index contributed by atoms with van der Waals surface area (Å²) in [5, 5.41) is 0. The van der Waals surface area contributed by atoms with E-state index < -0.39 is 0 Å². The van der Waals surface area contributed by atoms with Crippen molar-refractivity contribution in [2.75, 3.05) is 33.7 Å². The number of benzene rings is 1. The van der Waals surface area contributed by atoms with Gasteiger partial charge < -0.3 is 15.5 Å². The monoisotopic (exact) mass is 271 g/mol. The Hall–Kier alpha value is -1.83. The van der Waals surface area contributed by atoms with Crippen LogP contribution < -0.4 is 5.73 Å². The molecule has 1 fully saturated rings. The van der Waals surface area contributed by atoms with Crippen molar-refractivity contribution >= 4 is 5.91 Å². The van der Waals surface area contributed by atoms with Gasteiger partial charge in [0.1, 0.15) is 0 Å².